The third-order valence-electron chi connectivity index (χ3n) is 4.58. The van der Waals surface area contributed by atoms with Crippen molar-refractivity contribution in [1.29, 1.82) is 0 Å². The van der Waals surface area contributed by atoms with Crippen LogP contribution in [0.15, 0.2) is 0 Å². The molecule has 0 spiro atoms. The minimum atomic E-state index is 0.563. The van der Waals surface area contributed by atoms with E-state index >= 15 is 0 Å². The van der Waals surface area contributed by atoms with Crippen LogP contribution in [0.25, 0.3) is 0 Å². The van der Waals surface area contributed by atoms with E-state index in [4.69, 9.17) is 0 Å². The molecule has 0 bridgehead atoms. The minimum Gasteiger partial charge on any atom is -0.0654 e. The van der Waals surface area contributed by atoms with Crippen LogP contribution in [0.3, 0.4) is 0 Å². The fraction of sp³-hybridized carbons (Fsp3) is 1.00. The summed E-state index contributed by atoms with van der Waals surface area (Å²) in [6, 6.07) is 0. The summed E-state index contributed by atoms with van der Waals surface area (Å²) < 4.78 is 0. The van der Waals surface area contributed by atoms with E-state index in [9.17, 15) is 0 Å². The second-order valence-electron chi connectivity index (χ2n) is 5.27. The predicted molar refractivity (Wildman–Crippen MR) is 66.5 cm³/mol. The Kier molecular flexibility index (Phi) is 6.48. The molecule has 0 N–H and O–H groups in total. The maximum absolute atomic E-state index is 2.46. The quantitative estimate of drug-likeness (QED) is 0.522. The average Bonchev–Trinajstić information content (AvgIpc) is 2.23. The summed E-state index contributed by atoms with van der Waals surface area (Å²) in [5, 5.41) is 0. The Morgan fingerprint density at radius 2 is 1.50 bits per heavy atom. The molecule has 0 heterocycles. The van der Waals surface area contributed by atoms with Gasteiger partial charge in [-0.1, -0.05) is 73.6 Å². The van der Waals surface area contributed by atoms with E-state index in [0.29, 0.717) is 5.41 Å². The summed E-state index contributed by atoms with van der Waals surface area (Å²) in [6.07, 6.45) is 6.79. The second kappa shape index (κ2) is 6.48. The molecular weight excluding hydrogens is 168 g/mol. The number of rotatable bonds is 7. The Morgan fingerprint density at radius 1 is 1.00 bits per heavy atom. The third-order valence-corrected chi connectivity index (χ3v) is 4.58. The van der Waals surface area contributed by atoms with Gasteiger partial charge in [0.05, 0.1) is 0 Å². The van der Waals surface area contributed by atoms with Crippen LogP contribution in [0.2, 0.25) is 0 Å². The topological polar surface area (TPSA) is 0 Å². The Bertz CT molecular complexity index is 133. The molecule has 0 aliphatic heterocycles. The van der Waals surface area contributed by atoms with Crippen LogP contribution >= 0.6 is 0 Å². The first-order valence-corrected chi connectivity index (χ1v) is 6.51. The highest BCUT2D eigenvalue weighted by Gasteiger charge is 2.30. The molecule has 14 heavy (non-hydrogen) atoms. The van der Waals surface area contributed by atoms with Gasteiger partial charge in [-0.15, -0.1) is 0 Å². The lowest BCUT2D eigenvalue weighted by atomic mass is 9.68. The van der Waals surface area contributed by atoms with Gasteiger partial charge in [0.1, 0.15) is 0 Å². The van der Waals surface area contributed by atoms with Crippen molar-refractivity contribution in [2.45, 2.75) is 73.6 Å². The van der Waals surface area contributed by atoms with E-state index in [2.05, 4.69) is 41.5 Å². The number of hydrogen-bond acceptors (Lipinski definition) is 0. The van der Waals surface area contributed by atoms with Gasteiger partial charge in [-0.2, -0.15) is 0 Å². The van der Waals surface area contributed by atoms with Crippen LogP contribution in [0, 0.1) is 17.3 Å². The van der Waals surface area contributed by atoms with E-state index in [-0.39, 0.29) is 0 Å². The van der Waals surface area contributed by atoms with Gasteiger partial charge >= 0.3 is 0 Å². The fourth-order valence-electron chi connectivity index (χ4n) is 2.36. The molecule has 0 saturated carbocycles. The number of unbranched alkanes of at least 4 members (excludes halogenated alkanes) is 1. The highest BCUT2D eigenvalue weighted by molar-refractivity contribution is 4.80. The molecule has 0 saturated heterocycles. The van der Waals surface area contributed by atoms with Gasteiger partial charge in [0.15, 0.2) is 0 Å². The molecule has 0 nitrogen and oxygen atoms in total. The molecule has 0 aromatic heterocycles. The van der Waals surface area contributed by atoms with Crippen molar-refractivity contribution < 1.29 is 0 Å². The molecule has 0 radical (unpaired) electrons. The molecule has 0 aromatic carbocycles. The van der Waals surface area contributed by atoms with Crippen molar-refractivity contribution in [1.82, 2.24) is 0 Å². The van der Waals surface area contributed by atoms with Gasteiger partial charge < -0.3 is 0 Å². The standard InChI is InChI=1S/C14H30/c1-7-10-11-12(4)13(5)14(6,8-2)9-3/h12-13H,7-11H2,1-6H3. The summed E-state index contributed by atoms with van der Waals surface area (Å²) in [7, 11) is 0. The minimum absolute atomic E-state index is 0.563. The van der Waals surface area contributed by atoms with Crippen LogP contribution in [0.4, 0.5) is 0 Å². The average molecular weight is 198 g/mol. The Balaban J connectivity index is 4.19. The van der Waals surface area contributed by atoms with Crippen molar-refractivity contribution in [3.8, 4) is 0 Å². The summed E-state index contributed by atoms with van der Waals surface area (Å²) in [4.78, 5) is 0. The van der Waals surface area contributed by atoms with Crippen LogP contribution in [-0.4, -0.2) is 0 Å². The SMILES string of the molecule is CCCCC(C)C(C)C(C)(CC)CC. The summed E-state index contributed by atoms with van der Waals surface area (Å²) in [6.45, 7) is 14.3. The summed E-state index contributed by atoms with van der Waals surface area (Å²) >= 11 is 0. The second-order valence-corrected chi connectivity index (χ2v) is 5.27. The van der Waals surface area contributed by atoms with Crippen LogP contribution in [-0.2, 0) is 0 Å². The Labute approximate surface area is 91.5 Å². The highest BCUT2D eigenvalue weighted by Crippen LogP contribution is 2.40. The van der Waals surface area contributed by atoms with Gasteiger partial charge in [-0.25, -0.2) is 0 Å². The van der Waals surface area contributed by atoms with Gasteiger partial charge in [-0.05, 0) is 17.3 Å². The van der Waals surface area contributed by atoms with E-state index in [1.165, 1.54) is 32.1 Å². The van der Waals surface area contributed by atoms with E-state index in [1.54, 1.807) is 0 Å². The summed E-state index contributed by atoms with van der Waals surface area (Å²) in [5.41, 5.74) is 0.563. The van der Waals surface area contributed by atoms with Gasteiger partial charge in [-0.3, -0.25) is 0 Å². The molecule has 0 fully saturated rings. The zero-order valence-electron chi connectivity index (χ0n) is 11.2. The molecule has 2 unspecified atom stereocenters. The van der Waals surface area contributed by atoms with Gasteiger partial charge in [0.2, 0.25) is 0 Å². The van der Waals surface area contributed by atoms with E-state index in [0.717, 1.165) is 11.8 Å². The first kappa shape index (κ1) is 14.0. The maximum atomic E-state index is 2.46. The molecule has 0 aliphatic rings. The maximum Gasteiger partial charge on any atom is -0.0303 e. The van der Waals surface area contributed by atoms with Crippen LogP contribution < -0.4 is 0 Å². The smallest absolute Gasteiger partial charge is 0.0303 e. The summed E-state index contributed by atoms with van der Waals surface area (Å²) in [5.74, 6) is 1.75. The molecule has 0 aliphatic carbocycles. The number of hydrogen-bond donors (Lipinski definition) is 0. The van der Waals surface area contributed by atoms with Crippen LogP contribution in [0.5, 0.6) is 0 Å². The monoisotopic (exact) mass is 198 g/mol. The lowest BCUT2D eigenvalue weighted by Crippen LogP contribution is -2.28. The van der Waals surface area contributed by atoms with Crippen molar-refractivity contribution in [3.05, 3.63) is 0 Å². The van der Waals surface area contributed by atoms with Crippen LogP contribution in [0.1, 0.15) is 73.6 Å². The Hall–Kier alpha value is 0. The Morgan fingerprint density at radius 3 is 1.86 bits per heavy atom. The van der Waals surface area contributed by atoms with E-state index in [1.807, 2.05) is 0 Å². The van der Waals surface area contributed by atoms with Gasteiger partial charge in [0, 0.05) is 0 Å². The normalized spacial score (nSPS) is 16.7. The van der Waals surface area contributed by atoms with Gasteiger partial charge in [0.25, 0.3) is 0 Å². The largest absolute Gasteiger partial charge is 0.0654 e. The zero-order valence-corrected chi connectivity index (χ0v) is 11.2. The molecule has 2 atom stereocenters. The predicted octanol–water partition coefficient (Wildman–Crippen LogP) is 5.28. The molecule has 0 rings (SSSR count). The molecule has 0 amide bonds. The lowest BCUT2D eigenvalue weighted by molar-refractivity contribution is 0.124. The van der Waals surface area contributed by atoms with Crippen molar-refractivity contribution >= 4 is 0 Å². The third kappa shape index (κ3) is 3.63. The van der Waals surface area contributed by atoms with Crippen molar-refractivity contribution in [2.75, 3.05) is 0 Å². The van der Waals surface area contributed by atoms with E-state index < -0.39 is 0 Å². The molecule has 0 aromatic rings. The molecule has 86 valence electrons. The van der Waals surface area contributed by atoms with Crippen molar-refractivity contribution in [3.63, 3.8) is 0 Å². The first-order chi connectivity index (χ1) is 6.51. The molecular formula is C14H30. The molecule has 0 heteroatoms. The zero-order chi connectivity index (χ0) is 11.2. The highest BCUT2D eigenvalue weighted by atomic mass is 14.4. The fourth-order valence-corrected chi connectivity index (χ4v) is 2.36. The van der Waals surface area contributed by atoms with Crippen molar-refractivity contribution in [2.24, 2.45) is 17.3 Å². The first-order valence-electron chi connectivity index (χ1n) is 6.51. The lowest BCUT2D eigenvalue weighted by Gasteiger charge is -2.38.